The number of allylic oxidation sites excluding steroid dienone is 1. The zero-order chi connectivity index (χ0) is 22.5. The van der Waals surface area contributed by atoms with Gasteiger partial charge in [-0.1, -0.05) is 48.5 Å². The van der Waals surface area contributed by atoms with Crippen LogP contribution >= 0.6 is 0 Å². The Balaban J connectivity index is 1.34. The third-order valence-electron chi connectivity index (χ3n) is 5.20. The summed E-state index contributed by atoms with van der Waals surface area (Å²) in [5.74, 6) is 0.480. The van der Waals surface area contributed by atoms with Crippen molar-refractivity contribution in [2.75, 3.05) is 0 Å². The molecule has 5 aromatic rings. The van der Waals surface area contributed by atoms with Gasteiger partial charge in [0.05, 0.1) is 17.8 Å². The van der Waals surface area contributed by atoms with Crippen molar-refractivity contribution >= 4 is 22.6 Å². The zero-order valence-corrected chi connectivity index (χ0v) is 17.7. The quantitative estimate of drug-likeness (QED) is 0.328. The second-order valence-corrected chi connectivity index (χ2v) is 7.54. The van der Waals surface area contributed by atoms with E-state index in [2.05, 4.69) is 26.6 Å². The van der Waals surface area contributed by atoms with E-state index in [-0.39, 0.29) is 5.82 Å². The average molecular weight is 437 g/mol. The molecular formula is C26H20FN5O. The lowest BCUT2D eigenvalue weighted by Crippen LogP contribution is -2.02. The van der Waals surface area contributed by atoms with E-state index in [0.717, 1.165) is 39.0 Å². The lowest BCUT2D eigenvalue weighted by atomic mass is 10.0. The van der Waals surface area contributed by atoms with Crippen LogP contribution in [0.1, 0.15) is 16.8 Å². The standard InChI is InChI=1S/C26H20FN5O/c27-23-10-5-19(6-11-23)15-22(16-32-18-28-30-31-32)20-8-13-25(14-9-20)33-17-24-12-7-21-3-1-2-4-26(21)29-24/h1-15,18H,16-17H2/b22-15-. The second kappa shape index (κ2) is 9.40. The number of rotatable bonds is 7. The molecule has 0 amide bonds. The topological polar surface area (TPSA) is 65.7 Å². The maximum Gasteiger partial charge on any atom is 0.138 e. The van der Waals surface area contributed by atoms with Crippen molar-refractivity contribution in [1.82, 2.24) is 25.2 Å². The predicted octanol–water partition coefficient (Wildman–Crippen LogP) is 5.18. The number of ether oxygens (including phenoxy) is 1. The molecule has 0 fully saturated rings. The van der Waals surface area contributed by atoms with Gasteiger partial charge < -0.3 is 4.74 Å². The van der Waals surface area contributed by atoms with Crippen LogP contribution in [-0.4, -0.2) is 25.2 Å². The van der Waals surface area contributed by atoms with Crippen LogP contribution in [-0.2, 0) is 13.2 Å². The molecule has 7 heteroatoms. The number of tetrazole rings is 1. The highest BCUT2D eigenvalue weighted by molar-refractivity contribution is 5.81. The fraction of sp³-hybridized carbons (Fsp3) is 0.0769. The molecule has 0 radical (unpaired) electrons. The van der Waals surface area contributed by atoms with E-state index in [1.165, 1.54) is 12.1 Å². The normalized spacial score (nSPS) is 11.6. The molecule has 0 saturated heterocycles. The third-order valence-corrected chi connectivity index (χ3v) is 5.20. The minimum absolute atomic E-state index is 0.267. The van der Waals surface area contributed by atoms with Crippen LogP contribution in [0.25, 0.3) is 22.6 Å². The van der Waals surface area contributed by atoms with Gasteiger partial charge in [-0.15, -0.1) is 5.10 Å². The van der Waals surface area contributed by atoms with Gasteiger partial charge in [-0.25, -0.2) is 14.1 Å². The summed E-state index contributed by atoms with van der Waals surface area (Å²) in [5.41, 5.74) is 4.69. The van der Waals surface area contributed by atoms with Gasteiger partial charge in [0.2, 0.25) is 0 Å². The molecule has 5 rings (SSSR count). The SMILES string of the molecule is Fc1ccc(/C=C(/Cn2cnnn2)c2ccc(OCc3ccc4ccccc4n3)cc2)cc1. The summed E-state index contributed by atoms with van der Waals surface area (Å²) in [6, 6.07) is 26.2. The molecule has 0 aliphatic carbocycles. The van der Waals surface area contributed by atoms with Crippen LogP contribution in [0, 0.1) is 5.82 Å². The number of fused-ring (bicyclic) bond motifs is 1. The van der Waals surface area contributed by atoms with E-state index in [0.29, 0.717) is 13.2 Å². The molecule has 0 aliphatic rings. The van der Waals surface area contributed by atoms with Gasteiger partial charge in [0.1, 0.15) is 24.5 Å². The maximum atomic E-state index is 13.3. The van der Waals surface area contributed by atoms with Gasteiger partial charge >= 0.3 is 0 Å². The molecule has 2 heterocycles. The lowest BCUT2D eigenvalue weighted by molar-refractivity contribution is 0.302. The van der Waals surface area contributed by atoms with Gasteiger partial charge in [0.15, 0.2) is 0 Å². The molecule has 162 valence electrons. The van der Waals surface area contributed by atoms with Crippen LogP contribution in [0.2, 0.25) is 0 Å². The summed E-state index contributed by atoms with van der Waals surface area (Å²) in [5, 5.41) is 12.5. The molecule has 2 aromatic heterocycles. The first-order chi connectivity index (χ1) is 16.2. The maximum absolute atomic E-state index is 13.3. The number of nitrogens with zero attached hydrogens (tertiary/aromatic N) is 5. The fourth-order valence-corrected chi connectivity index (χ4v) is 3.52. The van der Waals surface area contributed by atoms with Gasteiger partial charge in [-0.2, -0.15) is 0 Å². The van der Waals surface area contributed by atoms with Crippen LogP contribution < -0.4 is 4.74 Å². The summed E-state index contributed by atoms with van der Waals surface area (Å²) in [6.45, 7) is 0.860. The Morgan fingerprint density at radius 1 is 0.909 bits per heavy atom. The van der Waals surface area contributed by atoms with Crippen LogP contribution in [0.3, 0.4) is 0 Å². The van der Waals surface area contributed by atoms with Crippen molar-refractivity contribution in [3.8, 4) is 5.75 Å². The Labute approximate surface area is 190 Å². The van der Waals surface area contributed by atoms with Gasteiger partial charge in [-0.3, -0.25) is 0 Å². The van der Waals surface area contributed by atoms with Crippen molar-refractivity contribution in [3.63, 3.8) is 0 Å². The van der Waals surface area contributed by atoms with Crippen molar-refractivity contribution in [2.24, 2.45) is 0 Å². The summed E-state index contributed by atoms with van der Waals surface area (Å²) in [7, 11) is 0. The fourth-order valence-electron chi connectivity index (χ4n) is 3.52. The summed E-state index contributed by atoms with van der Waals surface area (Å²) in [4.78, 5) is 4.65. The highest BCUT2D eigenvalue weighted by Gasteiger charge is 2.07. The Kier molecular flexibility index (Phi) is 5.84. The molecule has 0 saturated carbocycles. The van der Waals surface area contributed by atoms with Gasteiger partial charge in [-0.05, 0) is 69.6 Å². The predicted molar refractivity (Wildman–Crippen MR) is 125 cm³/mol. The van der Waals surface area contributed by atoms with E-state index in [4.69, 9.17) is 4.74 Å². The van der Waals surface area contributed by atoms with Crippen LogP contribution in [0.5, 0.6) is 5.75 Å². The second-order valence-electron chi connectivity index (χ2n) is 7.54. The third kappa shape index (κ3) is 5.10. The van der Waals surface area contributed by atoms with E-state index in [1.54, 1.807) is 23.1 Å². The average Bonchev–Trinajstić information content (AvgIpc) is 3.37. The molecule has 3 aromatic carbocycles. The Bertz CT molecular complexity index is 1380. The molecule has 0 aliphatic heterocycles. The van der Waals surface area contributed by atoms with Crippen molar-refractivity contribution in [3.05, 3.63) is 114 Å². The molecule has 0 N–H and O–H groups in total. The summed E-state index contributed by atoms with van der Waals surface area (Å²) >= 11 is 0. The number of hydrogen-bond acceptors (Lipinski definition) is 5. The smallest absolute Gasteiger partial charge is 0.138 e. The number of pyridine rings is 1. The van der Waals surface area contributed by atoms with Crippen molar-refractivity contribution in [2.45, 2.75) is 13.2 Å². The number of halogens is 1. The molecule has 0 bridgehead atoms. The first-order valence-corrected chi connectivity index (χ1v) is 10.5. The van der Waals surface area contributed by atoms with Crippen LogP contribution in [0.15, 0.2) is 91.3 Å². The van der Waals surface area contributed by atoms with Crippen LogP contribution in [0.4, 0.5) is 4.39 Å². The highest BCUT2D eigenvalue weighted by Crippen LogP contribution is 2.23. The zero-order valence-electron chi connectivity index (χ0n) is 17.7. The molecule has 33 heavy (non-hydrogen) atoms. The molecule has 6 nitrogen and oxygen atoms in total. The van der Waals surface area contributed by atoms with Gasteiger partial charge in [0, 0.05) is 5.39 Å². The first kappa shape index (κ1) is 20.5. The van der Waals surface area contributed by atoms with E-state index >= 15 is 0 Å². The van der Waals surface area contributed by atoms with Crippen molar-refractivity contribution < 1.29 is 9.13 Å². The highest BCUT2D eigenvalue weighted by atomic mass is 19.1. The summed E-state index contributed by atoms with van der Waals surface area (Å²) in [6.07, 6.45) is 3.56. The minimum Gasteiger partial charge on any atom is -0.487 e. The molecule has 0 unspecified atom stereocenters. The van der Waals surface area contributed by atoms with Gasteiger partial charge in [0.25, 0.3) is 0 Å². The Morgan fingerprint density at radius 3 is 2.52 bits per heavy atom. The lowest BCUT2D eigenvalue weighted by Gasteiger charge is -2.11. The molecule has 0 spiro atoms. The van der Waals surface area contributed by atoms with E-state index < -0.39 is 0 Å². The Hall–Kier alpha value is -4.39. The number of para-hydroxylation sites is 1. The molecule has 0 atom stereocenters. The molecular weight excluding hydrogens is 417 g/mol. The minimum atomic E-state index is -0.267. The monoisotopic (exact) mass is 437 g/mol. The van der Waals surface area contributed by atoms with Crippen molar-refractivity contribution in [1.29, 1.82) is 0 Å². The number of benzene rings is 3. The van der Waals surface area contributed by atoms with E-state index in [9.17, 15) is 4.39 Å². The summed E-state index contributed by atoms with van der Waals surface area (Å²) < 4.78 is 20.9. The number of hydrogen-bond donors (Lipinski definition) is 0. The number of aromatic nitrogens is 5. The first-order valence-electron chi connectivity index (χ1n) is 10.5. The largest absolute Gasteiger partial charge is 0.487 e. The Morgan fingerprint density at radius 2 is 1.73 bits per heavy atom. The van der Waals surface area contributed by atoms with E-state index in [1.807, 2.05) is 60.7 Å².